The highest BCUT2D eigenvalue weighted by atomic mass is 35.5. The van der Waals surface area contributed by atoms with E-state index in [2.05, 4.69) is 0 Å². The van der Waals surface area contributed by atoms with Gasteiger partial charge < -0.3 is 9.84 Å². The van der Waals surface area contributed by atoms with E-state index in [4.69, 9.17) is 44.6 Å². The average molecular weight is 296 g/mol. The summed E-state index contributed by atoms with van der Waals surface area (Å²) in [4.78, 5) is 11.1. The Hall–Kier alpha value is -0.640. The molecular weight excluding hydrogens is 286 g/mol. The average Bonchev–Trinajstić information content (AvgIpc) is 2.87. The van der Waals surface area contributed by atoms with Crippen molar-refractivity contribution in [3.8, 4) is 5.75 Å². The van der Waals surface area contributed by atoms with Crippen LogP contribution in [0.1, 0.15) is 13.3 Å². The zero-order valence-corrected chi connectivity index (χ0v) is 11.1. The van der Waals surface area contributed by atoms with Crippen LogP contribution in [0.3, 0.4) is 0 Å². The van der Waals surface area contributed by atoms with Gasteiger partial charge in [-0.1, -0.05) is 41.7 Å². The van der Waals surface area contributed by atoms with E-state index in [1.54, 1.807) is 6.92 Å². The van der Waals surface area contributed by atoms with E-state index < -0.39 is 11.6 Å². The summed E-state index contributed by atoms with van der Waals surface area (Å²) >= 11 is 17.5. The Bertz CT molecular complexity index is 489. The van der Waals surface area contributed by atoms with Gasteiger partial charge in [0.2, 0.25) is 5.60 Å². The SMILES string of the molecule is CC1CC1(Oc1cc(Cl)c(Cl)cc1Cl)C(=O)O. The number of hydrogen-bond donors (Lipinski definition) is 1. The van der Waals surface area contributed by atoms with Crippen molar-refractivity contribution >= 4 is 40.8 Å². The first-order valence-electron chi connectivity index (χ1n) is 4.94. The van der Waals surface area contributed by atoms with Crippen molar-refractivity contribution in [1.82, 2.24) is 0 Å². The molecule has 1 aliphatic rings. The molecule has 1 N–H and O–H groups in total. The maximum absolute atomic E-state index is 11.1. The van der Waals surface area contributed by atoms with Crippen LogP contribution in [0.15, 0.2) is 12.1 Å². The molecule has 0 heterocycles. The molecule has 0 aliphatic heterocycles. The first kappa shape index (κ1) is 12.8. The molecule has 1 saturated carbocycles. The normalized spacial score (nSPS) is 26.7. The molecule has 1 aromatic rings. The lowest BCUT2D eigenvalue weighted by Crippen LogP contribution is -2.31. The summed E-state index contributed by atoms with van der Waals surface area (Å²) in [7, 11) is 0. The largest absolute Gasteiger partial charge is 0.478 e. The standard InChI is InChI=1S/C11H9Cl3O3/c1-5-4-11(5,10(15)16)17-9-3-7(13)6(12)2-8(9)14/h2-3,5H,4H2,1H3,(H,15,16). The number of benzene rings is 1. The lowest BCUT2D eigenvalue weighted by molar-refractivity contribution is -0.148. The summed E-state index contributed by atoms with van der Waals surface area (Å²) in [6.45, 7) is 1.81. The molecule has 2 atom stereocenters. The number of carboxylic acids is 1. The molecule has 92 valence electrons. The first-order valence-corrected chi connectivity index (χ1v) is 6.07. The molecule has 0 amide bonds. The van der Waals surface area contributed by atoms with Crippen LogP contribution in [0.2, 0.25) is 15.1 Å². The molecule has 1 fully saturated rings. The monoisotopic (exact) mass is 294 g/mol. The zero-order valence-electron chi connectivity index (χ0n) is 8.84. The van der Waals surface area contributed by atoms with E-state index in [9.17, 15) is 4.79 Å². The Balaban J connectivity index is 2.31. The topological polar surface area (TPSA) is 46.5 Å². The van der Waals surface area contributed by atoms with Crippen LogP contribution < -0.4 is 4.74 Å². The predicted molar refractivity (Wildman–Crippen MR) is 66.2 cm³/mol. The summed E-state index contributed by atoms with van der Waals surface area (Å²) in [6.07, 6.45) is 0.457. The Labute approximate surface area is 113 Å². The van der Waals surface area contributed by atoms with Crippen molar-refractivity contribution in [1.29, 1.82) is 0 Å². The van der Waals surface area contributed by atoms with E-state index in [0.717, 1.165) is 0 Å². The lowest BCUT2D eigenvalue weighted by atomic mass is 10.2. The van der Waals surface area contributed by atoms with E-state index in [-0.39, 0.29) is 21.7 Å². The molecule has 6 heteroatoms. The second-order valence-corrected chi connectivity index (χ2v) is 5.32. The van der Waals surface area contributed by atoms with Crippen LogP contribution in [0, 0.1) is 5.92 Å². The van der Waals surface area contributed by atoms with Gasteiger partial charge in [0.15, 0.2) is 0 Å². The molecule has 0 aromatic heterocycles. The minimum absolute atomic E-state index is 0.0504. The Morgan fingerprint density at radius 3 is 2.35 bits per heavy atom. The number of ether oxygens (including phenoxy) is 1. The molecule has 0 bridgehead atoms. The van der Waals surface area contributed by atoms with Crippen LogP contribution in [0.25, 0.3) is 0 Å². The number of halogens is 3. The molecule has 1 aliphatic carbocycles. The maximum Gasteiger partial charge on any atom is 0.348 e. The van der Waals surface area contributed by atoms with Gasteiger partial charge >= 0.3 is 5.97 Å². The number of rotatable bonds is 3. The van der Waals surface area contributed by atoms with Crippen molar-refractivity contribution in [3.05, 3.63) is 27.2 Å². The molecule has 1 aromatic carbocycles. The van der Waals surface area contributed by atoms with Gasteiger partial charge in [-0.25, -0.2) is 4.79 Å². The number of hydrogen-bond acceptors (Lipinski definition) is 2. The molecule has 2 unspecified atom stereocenters. The molecule has 0 radical (unpaired) electrons. The Morgan fingerprint density at radius 1 is 1.35 bits per heavy atom. The van der Waals surface area contributed by atoms with Gasteiger partial charge in [-0.2, -0.15) is 0 Å². The first-order chi connectivity index (χ1) is 7.86. The van der Waals surface area contributed by atoms with Gasteiger partial charge in [-0.15, -0.1) is 0 Å². The second-order valence-electron chi connectivity index (χ2n) is 4.10. The van der Waals surface area contributed by atoms with Crippen molar-refractivity contribution in [2.24, 2.45) is 5.92 Å². The fourth-order valence-corrected chi connectivity index (χ4v) is 2.23. The summed E-state index contributed by atoms with van der Waals surface area (Å²) in [5, 5.41) is 9.95. The van der Waals surface area contributed by atoms with Gasteiger partial charge in [-0.3, -0.25) is 0 Å². The third-order valence-electron chi connectivity index (χ3n) is 2.87. The summed E-state index contributed by atoms with van der Waals surface area (Å²) in [6, 6.07) is 2.87. The highest BCUT2D eigenvalue weighted by Crippen LogP contribution is 2.48. The summed E-state index contributed by atoms with van der Waals surface area (Å²) < 4.78 is 5.48. The summed E-state index contributed by atoms with van der Waals surface area (Å²) in [5.74, 6) is -0.800. The third-order valence-corrected chi connectivity index (χ3v) is 3.89. The van der Waals surface area contributed by atoms with Crippen LogP contribution in [-0.2, 0) is 4.79 Å². The Morgan fingerprint density at radius 2 is 1.88 bits per heavy atom. The Kier molecular flexibility index (Phi) is 3.19. The van der Waals surface area contributed by atoms with Gasteiger partial charge in [0.25, 0.3) is 0 Å². The third kappa shape index (κ3) is 2.19. The summed E-state index contributed by atoms with van der Waals surface area (Å²) in [5.41, 5.74) is -1.18. The van der Waals surface area contributed by atoms with Crippen molar-refractivity contribution in [3.63, 3.8) is 0 Å². The quantitative estimate of drug-likeness (QED) is 0.861. The van der Waals surface area contributed by atoms with Crippen molar-refractivity contribution < 1.29 is 14.6 Å². The van der Waals surface area contributed by atoms with Crippen LogP contribution in [0.5, 0.6) is 5.75 Å². The number of aliphatic carboxylic acids is 1. The number of carbonyl (C=O) groups is 1. The van der Waals surface area contributed by atoms with Crippen LogP contribution in [0.4, 0.5) is 0 Å². The molecule has 2 rings (SSSR count). The van der Waals surface area contributed by atoms with Crippen LogP contribution >= 0.6 is 34.8 Å². The van der Waals surface area contributed by atoms with E-state index in [1.165, 1.54) is 12.1 Å². The van der Waals surface area contributed by atoms with Gasteiger partial charge in [0.05, 0.1) is 15.1 Å². The molecule has 17 heavy (non-hydrogen) atoms. The number of carboxylic acid groups (broad SMARTS) is 1. The van der Waals surface area contributed by atoms with Crippen LogP contribution in [-0.4, -0.2) is 16.7 Å². The highest BCUT2D eigenvalue weighted by molar-refractivity contribution is 6.43. The van der Waals surface area contributed by atoms with Gasteiger partial charge in [0, 0.05) is 18.4 Å². The van der Waals surface area contributed by atoms with Crippen molar-refractivity contribution in [2.75, 3.05) is 0 Å². The lowest BCUT2D eigenvalue weighted by Gasteiger charge is -2.16. The van der Waals surface area contributed by atoms with Gasteiger partial charge in [0.1, 0.15) is 5.75 Å². The molecule has 3 nitrogen and oxygen atoms in total. The molecule has 0 spiro atoms. The van der Waals surface area contributed by atoms with Gasteiger partial charge in [-0.05, 0) is 6.07 Å². The minimum Gasteiger partial charge on any atom is -0.478 e. The maximum atomic E-state index is 11.1. The highest BCUT2D eigenvalue weighted by Gasteiger charge is 2.61. The van der Waals surface area contributed by atoms with E-state index >= 15 is 0 Å². The minimum atomic E-state index is -1.18. The predicted octanol–water partition coefficient (Wildman–Crippen LogP) is 3.89. The fourth-order valence-electron chi connectivity index (χ4n) is 1.66. The second kappa shape index (κ2) is 4.23. The van der Waals surface area contributed by atoms with Crippen molar-refractivity contribution in [2.45, 2.75) is 18.9 Å². The smallest absolute Gasteiger partial charge is 0.348 e. The fraction of sp³-hybridized carbons (Fsp3) is 0.364. The zero-order chi connectivity index (χ0) is 12.8. The molecular formula is C11H9Cl3O3. The van der Waals surface area contributed by atoms with E-state index in [0.29, 0.717) is 11.4 Å². The molecule has 0 saturated heterocycles. The van der Waals surface area contributed by atoms with E-state index in [1.807, 2.05) is 0 Å².